The number of hydrogen-bond acceptors (Lipinski definition) is 5. The number of esters is 1. The van der Waals surface area contributed by atoms with Crippen LogP contribution in [0.15, 0.2) is 30.3 Å². The number of carbonyl (C=O) groups is 1. The van der Waals surface area contributed by atoms with Crippen molar-refractivity contribution >= 4 is 5.97 Å². The van der Waals surface area contributed by atoms with Gasteiger partial charge in [0.1, 0.15) is 6.04 Å². The lowest BCUT2D eigenvalue weighted by atomic mass is 9.80. The lowest BCUT2D eigenvalue weighted by Gasteiger charge is -2.32. The standard InChI is InChI=1S/C17H24N2O3/c1-2-21-17(20)16-14-9-8-13(10-15(14)18-19-16)22-11-12-6-4-3-5-7-12/h3-7,13-16,18-19H,2,8-11H2,1H3. The molecule has 0 bridgehead atoms. The summed E-state index contributed by atoms with van der Waals surface area (Å²) in [6.45, 7) is 2.92. The highest BCUT2D eigenvalue weighted by Crippen LogP contribution is 2.32. The Morgan fingerprint density at radius 1 is 1.23 bits per heavy atom. The first kappa shape index (κ1) is 15.5. The second-order valence-electron chi connectivity index (χ2n) is 6.02. The van der Waals surface area contributed by atoms with E-state index < -0.39 is 0 Å². The van der Waals surface area contributed by atoms with Crippen LogP contribution in [0, 0.1) is 5.92 Å². The topological polar surface area (TPSA) is 59.6 Å². The summed E-state index contributed by atoms with van der Waals surface area (Å²) < 4.78 is 11.2. The Morgan fingerprint density at radius 2 is 2.05 bits per heavy atom. The third kappa shape index (κ3) is 3.48. The van der Waals surface area contributed by atoms with Crippen molar-refractivity contribution in [1.82, 2.24) is 10.9 Å². The molecule has 2 fully saturated rings. The largest absolute Gasteiger partial charge is 0.465 e. The molecule has 0 amide bonds. The predicted molar refractivity (Wildman–Crippen MR) is 82.8 cm³/mol. The molecule has 22 heavy (non-hydrogen) atoms. The summed E-state index contributed by atoms with van der Waals surface area (Å²) in [5.74, 6) is 0.154. The maximum absolute atomic E-state index is 11.9. The first-order valence-corrected chi connectivity index (χ1v) is 8.11. The minimum Gasteiger partial charge on any atom is -0.465 e. The first-order valence-electron chi connectivity index (χ1n) is 8.11. The van der Waals surface area contributed by atoms with Crippen molar-refractivity contribution < 1.29 is 14.3 Å². The molecule has 3 rings (SSSR count). The fourth-order valence-corrected chi connectivity index (χ4v) is 3.43. The molecule has 0 radical (unpaired) electrons. The fourth-order valence-electron chi connectivity index (χ4n) is 3.43. The SMILES string of the molecule is CCOC(=O)C1NNC2CC(OCc3ccccc3)CCC21. The van der Waals surface area contributed by atoms with Gasteiger partial charge in [0.15, 0.2) is 0 Å². The number of fused-ring (bicyclic) bond motifs is 1. The number of carbonyl (C=O) groups excluding carboxylic acids is 1. The van der Waals surface area contributed by atoms with Crippen LogP contribution >= 0.6 is 0 Å². The number of ether oxygens (including phenoxy) is 2. The van der Waals surface area contributed by atoms with Crippen molar-refractivity contribution in [2.24, 2.45) is 5.92 Å². The Bertz CT molecular complexity index is 494. The normalized spacial score (nSPS) is 30.8. The Hall–Kier alpha value is -1.43. The van der Waals surface area contributed by atoms with Gasteiger partial charge in [-0.15, -0.1) is 0 Å². The molecular weight excluding hydrogens is 280 g/mol. The van der Waals surface area contributed by atoms with Gasteiger partial charge in [0.05, 0.1) is 19.3 Å². The molecule has 4 unspecified atom stereocenters. The number of hydrogen-bond donors (Lipinski definition) is 2. The van der Waals surface area contributed by atoms with E-state index in [1.807, 2.05) is 25.1 Å². The molecule has 2 N–H and O–H groups in total. The van der Waals surface area contributed by atoms with Crippen LogP contribution in [0.3, 0.4) is 0 Å². The van der Waals surface area contributed by atoms with Crippen LogP contribution < -0.4 is 10.9 Å². The summed E-state index contributed by atoms with van der Waals surface area (Å²) in [7, 11) is 0. The molecule has 5 heteroatoms. The lowest BCUT2D eigenvalue weighted by Crippen LogP contribution is -2.40. The highest BCUT2D eigenvalue weighted by Gasteiger charge is 2.44. The molecule has 1 aromatic rings. The third-order valence-electron chi connectivity index (χ3n) is 4.58. The van der Waals surface area contributed by atoms with E-state index in [0.717, 1.165) is 19.3 Å². The van der Waals surface area contributed by atoms with Crippen molar-refractivity contribution in [2.45, 2.75) is 51.0 Å². The maximum Gasteiger partial charge on any atom is 0.324 e. The summed E-state index contributed by atoms with van der Waals surface area (Å²) in [4.78, 5) is 11.9. The Balaban J connectivity index is 1.50. The average Bonchev–Trinajstić information content (AvgIpc) is 2.97. The Kier molecular flexibility index (Phi) is 5.08. The van der Waals surface area contributed by atoms with Gasteiger partial charge >= 0.3 is 5.97 Å². The zero-order valence-corrected chi connectivity index (χ0v) is 13.0. The number of rotatable bonds is 5. The fraction of sp³-hybridized carbons (Fsp3) is 0.588. The minimum absolute atomic E-state index is 0.147. The summed E-state index contributed by atoms with van der Waals surface area (Å²) in [5.41, 5.74) is 7.54. The summed E-state index contributed by atoms with van der Waals surface area (Å²) in [5, 5.41) is 0. The van der Waals surface area contributed by atoms with Crippen molar-refractivity contribution in [3.8, 4) is 0 Å². The van der Waals surface area contributed by atoms with Gasteiger partial charge in [-0.1, -0.05) is 30.3 Å². The number of hydrazine groups is 1. The zero-order valence-electron chi connectivity index (χ0n) is 13.0. The van der Waals surface area contributed by atoms with E-state index in [1.54, 1.807) is 0 Å². The molecule has 5 nitrogen and oxygen atoms in total. The van der Waals surface area contributed by atoms with E-state index in [1.165, 1.54) is 5.56 Å². The van der Waals surface area contributed by atoms with Gasteiger partial charge in [-0.25, -0.2) is 5.43 Å². The van der Waals surface area contributed by atoms with Gasteiger partial charge in [0, 0.05) is 12.0 Å². The molecule has 1 aromatic carbocycles. The minimum atomic E-state index is -0.222. The van der Waals surface area contributed by atoms with Gasteiger partial charge in [-0.2, -0.15) is 0 Å². The molecule has 1 saturated carbocycles. The number of benzene rings is 1. The van der Waals surface area contributed by atoms with Gasteiger partial charge < -0.3 is 9.47 Å². The van der Waals surface area contributed by atoms with Crippen LogP contribution in [0.4, 0.5) is 0 Å². The van der Waals surface area contributed by atoms with Crippen LogP contribution in [-0.2, 0) is 20.9 Å². The molecule has 4 atom stereocenters. The highest BCUT2D eigenvalue weighted by atomic mass is 16.5. The molecule has 0 spiro atoms. The van der Waals surface area contributed by atoms with Crippen molar-refractivity contribution in [3.63, 3.8) is 0 Å². The summed E-state index contributed by atoms with van der Waals surface area (Å²) in [6, 6.07) is 10.3. The molecular formula is C17H24N2O3. The van der Waals surface area contributed by atoms with Gasteiger partial charge in [0.25, 0.3) is 0 Å². The molecule has 1 aliphatic carbocycles. The first-order chi connectivity index (χ1) is 10.8. The molecule has 2 aliphatic rings. The van der Waals surface area contributed by atoms with Gasteiger partial charge in [-0.3, -0.25) is 10.2 Å². The third-order valence-corrected chi connectivity index (χ3v) is 4.58. The zero-order chi connectivity index (χ0) is 15.4. The molecule has 120 valence electrons. The van der Waals surface area contributed by atoms with Crippen LogP contribution in [0.2, 0.25) is 0 Å². The van der Waals surface area contributed by atoms with Crippen LogP contribution in [0.25, 0.3) is 0 Å². The van der Waals surface area contributed by atoms with E-state index in [-0.39, 0.29) is 24.2 Å². The summed E-state index contributed by atoms with van der Waals surface area (Å²) >= 11 is 0. The predicted octanol–water partition coefficient (Wildman–Crippen LogP) is 1.78. The smallest absolute Gasteiger partial charge is 0.324 e. The molecule has 1 saturated heterocycles. The second-order valence-corrected chi connectivity index (χ2v) is 6.02. The van der Waals surface area contributed by atoms with E-state index >= 15 is 0 Å². The van der Waals surface area contributed by atoms with E-state index in [0.29, 0.717) is 19.1 Å². The quantitative estimate of drug-likeness (QED) is 0.812. The van der Waals surface area contributed by atoms with Gasteiger partial charge in [-0.05, 0) is 31.7 Å². The maximum atomic E-state index is 11.9. The lowest BCUT2D eigenvalue weighted by molar-refractivity contribution is -0.146. The Morgan fingerprint density at radius 3 is 2.82 bits per heavy atom. The van der Waals surface area contributed by atoms with Crippen molar-refractivity contribution in [1.29, 1.82) is 0 Å². The monoisotopic (exact) mass is 304 g/mol. The van der Waals surface area contributed by atoms with Crippen LogP contribution in [0.1, 0.15) is 31.7 Å². The van der Waals surface area contributed by atoms with Crippen molar-refractivity contribution in [2.75, 3.05) is 6.61 Å². The van der Waals surface area contributed by atoms with E-state index in [4.69, 9.17) is 9.47 Å². The van der Waals surface area contributed by atoms with E-state index in [9.17, 15) is 4.79 Å². The van der Waals surface area contributed by atoms with Crippen molar-refractivity contribution in [3.05, 3.63) is 35.9 Å². The van der Waals surface area contributed by atoms with Gasteiger partial charge in [0.2, 0.25) is 0 Å². The number of nitrogens with one attached hydrogen (secondary N) is 2. The average molecular weight is 304 g/mol. The summed E-state index contributed by atoms with van der Waals surface area (Å²) in [6.07, 6.45) is 3.15. The van der Waals surface area contributed by atoms with Crippen LogP contribution in [0.5, 0.6) is 0 Å². The molecule has 0 aromatic heterocycles. The van der Waals surface area contributed by atoms with Crippen LogP contribution in [-0.4, -0.2) is 30.8 Å². The van der Waals surface area contributed by atoms with E-state index in [2.05, 4.69) is 23.0 Å². The second kappa shape index (κ2) is 7.22. The molecule has 1 heterocycles. The Labute approximate surface area is 131 Å². The molecule has 1 aliphatic heterocycles. The highest BCUT2D eigenvalue weighted by molar-refractivity contribution is 5.76.